The van der Waals surface area contributed by atoms with Crippen molar-refractivity contribution in [3.63, 3.8) is 0 Å². The zero-order chi connectivity index (χ0) is 15.8. The Bertz CT molecular complexity index is 604. The molecule has 0 aromatic heterocycles. The highest BCUT2D eigenvalue weighted by molar-refractivity contribution is 5.96. The summed E-state index contributed by atoms with van der Waals surface area (Å²) in [5, 5.41) is 8.80. The van der Waals surface area contributed by atoms with Gasteiger partial charge in [-0.2, -0.15) is 18.4 Å². The lowest BCUT2D eigenvalue weighted by Crippen LogP contribution is -2.34. The first kappa shape index (κ1) is 15.4. The largest absolute Gasteiger partial charge is 0.417 e. The number of hydrogen-bond acceptors (Lipinski definition) is 2. The van der Waals surface area contributed by atoms with E-state index in [4.69, 9.17) is 5.26 Å². The third kappa shape index (κ3) is 2.73. The van der Waals surface area contributed by atoms with Crippen molar-refractivity contribution in [3.8, 4) is 6.07 Å². The predicted molar refractivity (Wildman–Crippen MR) is 71.5 cm³/mol. The Morgan fingerprint density at radius 1 is 1.43 bits per heavy atom. The Labute approximate surface area is 121 Å². The summed E-state index contributed by atoms with van der Waals surface area (Å²) in [5.41, 5.74) is -1.22. The lowest BCUT2D eigenvalue weighted by Gasteiger charge is -2.27. The number of hydrogen-bond donors (Lipinski definition) is 0. The molecule has 1 heterocycles. The van der Waals surface area contributed by atoms with Crippen LogP contribution in [0.25, 0.3) is 0 Å². The molecule has 1 aromatic rings. The van der Waals surface area contributed by atoms with Gasteiger partial charge in [0.05, 0.1) is 17.2 Å². The summed E-state index contributed by atoms with van der Waals surface area (Å²) in [7, 11) is 0. The summed E-state index contributed by atoms with van der Waals surface area (Å²) in [5.74, 6) is -0.0698. The molecule has 2 atom stereocenters. The summed E-state index contributed by atoms with van der Waals surface area (Å²) in [6.45, 7) is 3.82. The number of carbonyl (C=O) groups excluding carboxylic acids is 1. The topological polar surface area (TPSA) is 44.1 Å². The molecule has 0 bridgehead atoms. The minimum Gasteiger partial charge on any atom is -0.309 e. The van der Waals surface area contributed by atoms with E-state index in [9.17, 15) is 18.0 Å². The van der Waals surface area contributed by atoms with Crippen molar-refractivity contribution >= 4 is 11.6 Å². The number of nitriles is 1. The minimum atomic E-state index is -4.61. The maximum atomic E-state index is 13.0. The van der Waals surface area contributed by atoms with Crippen molar-refractivity contribution < 1.29 is 18.0 Å². The van der Waals surface area contributed by atoms with Crippen molar-refractivity contribution in [2.45, 2.75) is 38.9 Å². The minimum absolute atomic E-state index is 0.104. The molecule has 0 aliphatic carbocycles. The molecule has 1 saturated heterocycles. The van der Waals surface area contributed by atoms with Gasteiger partial charge in [0.25, 0.3) is 0 Å². The fourth-order valence-electron chi connectivity index (χ4n) is 2.88. The van der Waals surface area contributed by atoms with Gasteiger partial charge in [0.15, 0.2) is 0 Å². The average Bonchev–Trinajstić information content (AvgIpc) is 2.71. The SMILES string of the molecule is CC[C@H]1[C@H](C)CC(=O)N1c1ccc(C#N)c(C(F)(F)F)c1. The average molecular weight is 296 g/mol. The van der Waals surface area contributed by atoms with E-state index in [1.807, 2.05) is 13.8 Å². The van der Waals surface area contributed by atoms with Crippen LogP contribution in [0.4, 0.5) is 18.9 Å². The van der Waals surface area contributed by atoms with Crippen molar-refractivity contribution in [1.82, 2.24) is 0 Å². The molecule has 21 heavy (non-hydrogen) atoms. The molecule has 6 heteroatoms. The number of rotatable bonds is 2. The number of carbonyl (C=O) groups is 1. The normalized spacial score (nSPS) is 22.5. The first-order chi connectivity index (χ1) is 9.79. The standard InChI is InChI=1S/C15H15F3N2O/c1-3-13-9(2)6-14(21)20(13)11-5-4-10(8-19)12(7-11)15(16,17)18/h4-5,7,9,13H,3,6H2,1-2H3/t9-,13+/m1/s1. The molecule has 0 spiro atoms. The second-order valence-electron chi connectivity index (χ2n) is 5.26. The molecule has 3 nitrogen and oxygen atoms in total. The molecule has 112 valence electrons. The Kier molecular flexibility index (Phi) is 3.95. The number of halogens is 3. The number of amides is 1. The molecule has 1 amide bonds. The van der Waals surface area contributed by atoms with Crippen LogP contribution in [0.5, 0.6) is 0 Å². The third-order valence-electron chi connectivity index (χ3n) is 3.88. The van der Waals surface area contributed by atoms with Crippen molar-refractivity contribution in [2.24, 2.45) is 5.92 Å². The Morgan fingerprint density at radius 3 is 2.62 bits per heavy atom. The van der Waals surface area contributed by atoms with E-state index >= 15 is 0 Å². The summed E-state index contributed by atoms with van der Waals surface area (Å²) in [6, 6.07) is 4.87. The van der Waals surface area contributed by atoms with Crippen LogP contribution in [-0.4, -0.2) is 11.9 Å². The second-order valence-corrected chi connectivity index (χ2v) is 5.26. The van der Waals surface area contributed by atoms with Crippen LogP contribution >= 0.6 is 0 Å². The highest BCUT2D eigenvalue weighted by atomic mass is 19.4. The quantitative estimate of drug-likeness (QED) is 0.834. The van der Waals surface area contributed by atoms with Crippen LogP contribution in [0.3, 0.4) is 0 Å². The maximum Gasteiger partial charge on any atom is 0.417 e. The first-order valence-corrected chi connectivity index (χ1v) is 6.73. The second kappa shape index (κ2) is 5.40. The third-order valence-corrected chi connectivity index (χ3v) is 3.88. The number of alkyl halides is 3. The van der Waals surface area contributed by atoms with Gasteiger partial charge in [-0.05, 0) is 30.5 Å². The number of benzene rings is 1. The summed E-state index contributed by atoms with van der Waals surface area (Å²) in [6.07, 6.45) is -3.61. The molecule has 0 radical (unpaired) electrons. The van der Waals surface area contributed by atoms with E-state index in [-0.39, 0.29) is 23.6 Å². The van der Waals surface area contributed by atoms with E-state index in [0.29, 0.717) is 12.8 Å². The van der Waals surface area contributed by atoms with Gasteiger partial charge in [0, 0.05) is 18.2 Å². The molecule has 1 aliphatic heterocycles. The van der Waals surface area contributed by atoms with Gasteiger partial charge >= 0.3 is 6.18 Å². The Hall–Kier alpha value is -2.03. The molecule has 1 aromatic carbocycles. The zero-order valence-corrected chi connectivity index (χ0v) is 11.7. The van der Waals surface area contributed by atoms with Crippen LogP contribution in [-0.2, 0) is 11.0 Å². The van der Waals surface area contributed by atoms with Gasteiger partial charge in [0.1, 0.15) is 0 Å². The van der Waals surface area contributed by atoms with E-state index in [0.717, 1.165) is 12.1 Å². The maximum absolute atomic E-state index is 13.0. The lowest BCUT2D eigenvalue weighted by molar-refractivity contribution is -0.137. The first-order valence-electron chi connectivity index (χ1n) is 6.73. The smallest absolute Gasteiger partial charge is 0.309 e. The fourth-order valence-corrected chi connectivity index (χ4v) is 2.88. The van der Waals surface area contributed by atoms with Gasteiger partial charge in [-0.3, -0.25) is 4.79 Å². The number of nitrogens with zero attached hydrogens (tertiary/aromatic N) is 2. The lowest BCUT2D eigenvalue weighted by atomic mass is 10.00. The summed E-state index contributed by atoms with van der Waals surface area (Å²) in [4.78, 5) is 13.5. The monoisotopic (exact) mass is 296 g/mol. The van der Waals surface area contributed by atoms with Crippen LogP contribution in [0.15, 0.2) is 18.2 Å². The molecule has 1 fully saturated rings. The molecule has 2 rings (SSSR count). The van der Waals surface area contributed by atoms with Gasteiger partial charge in [0.2, 0.25) is 5.91 Å². The molecule has 0 saturated carbocycles. The number of anilines is 1. The summed E-state index contributed by atoms with van der Waals surface area (Å²) < 4.78 is 39.0. The van der Waals surface area contributed by atoms with Gasteiger partial charge in [-0.1, -0.05) is 13.8 Å². The van der Waals surface area contributed by atoms with Gasteiger partial charge in [-0.25, -0.2) is 0 Å². The molecule has 1 aliphatic rings. The van der Waals surface area contributed by atoms with Crippen LogP contribution < -0.4 is 4.90 Å². The van der Waals surface area contributed by atoms with E-state index < -0.39 is 17.3 Å². The zero-order valence-electron chi connectivity index (χ0n) is 11.7. The predicted octanol–water partition coefficient (Wildman–Crippen LogP) is 3.73. The highest BCUT2D eigenvalue weighted by Crippen LogP contribution is 2.38. The van der Waals surface area contributed by atoms with Gasteiger partial charge in [-0.15, -0.1) is 0 Å². The molecular weight excluding hydrogens is 281 g/mol. The van der Waals surface area contributed by atoms with Crippen LogP contribution in [0.1, 0.15) is 37.8 Å². The van der Waals surface area contributed by atoms with Crippen molar-refractivity contribution in [1.29, 1.82) is 5.26 Å². The fraction of sp³-hybridized carbons (Fsp3) is 0.467. The molecular formula is C15H15F3N2O. The van der Waals surface area contributed by atoms with E-state index in [1.165, 1.54) is 11.0 Å². The van der Waals surface area contributed by atoms with E-state index in [1.54, 1.807) is 6.07 Å². The Balaban J connectivity index is 2.51. The van der Waals surface area contributed by atoms with Crippen molar-refractivity contribution in [2.75, 3.05) is 4.90 Å². The van der Waals surface area contributed by atoms with Crippen LogP contribution in [0.2, 0.25) is 0 Å². The van der Waals surface area contributed by atoms with E-state index in [2.05, 4.69) is 0 Å². The van der Waals surface area contributed by atoms with Gasteiger partial charge < -0.3 is 4.90 Å². The van der Waals surface area contributed by atoms with Crippen LogP contribution in [0, 0.1) is 17.2 Å². The Morgan fingerprint density at radius 2 is 2.10 bits per heavy atom. The van der Waals surface area contributed by atoms with Crippen molar-refractivity contribution in [3.05, 3.63) is 29.3 Å². The highest BCUT2D eigenvalue weighted by Gasteiger charge is 2.39. The molecule has 0 N–H and O–H groups in total. The molecule has 0 unspecified atom stereocenters. The summed E-state index contributed by atoms with van der Waals surface area (Å²) >= 11 is 0.